The molecular formula is C12H15NO3S. The minimum atomic E-state index is -0.888. The zero-order valence-corrected chi connectivity index (χ0v) is 10.6. The molecule has 0 bridgehead atoms. The monoisotopic (exact) mass is 253 g/mol. The molecule has 0 radical (unpaired) electrons. The normalized spacial score (nSPS) is 13.8. The molecule has 17 heavy (non-hydrogen) atoms. The molecule has 1 aromatic rings. The molecule has 1 rings (SSSR count). The quantitative estimate of drug-likeness (QED) is 0.639. The third-order valence-electron chi connectivity index (χ3n) is 2.08. The van der Waals surface area contributed by atoms with Crippen LogP contribution in [-0.4, -0.2) is 23.2 Å². The number of carbonyl (C=O) groups excluding carboxylic acids is 2. The van der Waals surface area contributed by atoms with Crippen molar-refractivity contribution in [2.75, 3.05) is 0 Å². The van der Waals surface area contributed by atoms with Gasteiger partial charge in [-0.2, -0.15) is 0 Å². The van der Waals surface area contributed by atoms with E-state index in [4.69, 9.17) is 10.5 Å². The van der Waals surface area contributed by atoms with Crippen molar-refractivity contribution in [3.05, 3.63) is 30.3 Å². The highest BCUT2D eigenvalue weighted by atomic mass is 32.2. The van der Waals surface area contributed by atoms with Gasteiger partial charge >= 0.3 is 5.97 Å². The van der Waals surface area contributed by atoms with Gasteiger partial charge in [-0.1, -0.05) is 18.2 Å². The van der Waals surface area contributed by atoms with E-state index in [0.29, 0.717) is 0 Å². The smallest absolute Gasteiger partial charge is 0.319 e. The van der Waals surface area contributed by atoms with Crippen LogP contribution in [0.1, 0.15) is 13.8 Å². The maximum Gasteiger partial charge on any atom is 0.319 e. The van der Waals surface area contributed by atoms with E-state index >= 15 is 0 Å². The van der Waals surface area contributed by atoms with Crippen LogP contribution in [0.2, 0.25) is 0 Å². The first-order valence-electron chi connectivity index (χ1n) is 5.22. The fourth-order valence-corrected chi connectivity index (χ4v) is 1.95. The Hall–Kier alpha value is -1.49. The fraction of sp³-hybridized carbons (Fsp3) is 0.333. The third kappa shape index (κ3) is 4.48. The number of ether oxygens (including phenoxy) is 1. The van der Waals surface area contributed by atoms with Gasteiger partial charge in [-0.3, -0.25) is 9.59 Å². The Morgan fingerprint density at radius 3 is 2.35 bits per heavy atom. The number of nitrogens with two attached hydrogens (primary N) is 1. The average Bonchev–Trinajstić information content (AvgIpc) is 2.29. The lowest BCUT2D eigenvalue weighted by atomic mass is 10.4. The Morgan fingerprint density at radius 1 is 1.24 bits per heavy atom. The van der Waals surface area contributed by atoms with Crippen molar-refractivity contribution < 1.29 is 14.3 Å². The molecule has 0 unspecified atom stereocenters. The minimum Gasteiger partial charge on any atom is -0.452 e. The zero-order valence-electron chi connectivity index (χ0n) is 9.75. The first-order chi connectivity index (χ1) is 8.00. The van der Waals surface area contributed by atoms with Gasteiger partial charge < -0.3 is 10.5 Å². The highest BCUT2D eigenvalue weighted by Crippen LogP contribution is 2.23. The lowest BCUT2D eigenvalue weighted by Crippen LogP contribution is -2.32. The summed E-state index contributed by atoms with van der Waals surface area (Å²) in [7, 11) is 0. The number of hydrogen-bond acceptors (Lipinski definition) is 4. The summed E-state index contributed by atoms with van der Waals surface area (Å²) in [6.07, 6.45) is -0.888. The number of primary amides is 1. The fourth-order valence-electron chi connectivity index (χ4n) is 1.08. The zero-order chi connectivity index (χ0) is 12.8. The van der Waals surface area contributed by atoms with E-state index in [1.165, 1.54) is 18.7 Å². The highest BCUT2D eigenvalue weighted by molar-refractivity contribution is 8.00. The molecule has 0 aromatic heterocycles. The van der Waals surface area contributed by atoms with Crippen LogP contribution >= 0.6 is 11.8 Å². The molecule has 1 aromatic carbocycles. The van der Waals surface area contributed by atoms with Crippen LogP contribution in [-0.2, 0) is 14.3 Å². The first kappa shape index (κ1) is 13.6. The van der Waals surface area contributed by atoms with Gasteiger partial charge in [0.25, 0.3) is 5.91 Å². The largest absolute Gasteiger partial charge is 0.452 e. The Labute approximate surface area is 105 Å². The van der Waals surface area contributed by atoms with Gasteiger partial charge in [0.2, 0.25) is 0 Å². The van der Waals surface area contributed by atoms with Crippen molar-refractivity contribution in [3.8, 4) is 0 Å². The second kappa shape index (κ2) is 6.30. The summed E-state index contributed by atoms with van der Waals surface area (Å²) in [6.45, 7) is 3.19. The van der Waals surface area contributed by atoms with Gasteiger partial charge in [0.1, 0.15) is 5.25 Å². The molecule has 0 fully saturated rings. The van der Waals surface area contributed by atoms with Gasteiger partial charge in [-0.05, 0) is 26.0 Å². The Bertz CT molecular complexity index is 394. The summed E-state index contributed by atoms with van der Waals surface area (Å²) in [5.74, 6) is -1.08. The second-order valence-electron chi connectivity index (χ2n) is 3.55. The van der Waals surface area contributed by atoms with Crippen LogP contribution in [0.3, 0.4) is 0 Å². The van der Waals surface area contributed by atoms with Crippen molar-refractivity contribution in [1.82, 2.24) is 0 Å². The van der Waals surface area contributed by atoms with E-state index in [-0.39, 0.29) is 5.25 Å². The lowest BCUT2D eigenvalue weighted by Gasteiger charge is -2.14. The number of esters is 1. The molecule has 0 aliphatic rings. The number of benzene rings is 1. The van der Waals surface area contributed by atoms with Gasteiger partial charge in [0.15, 0.2) is 6.10 Å². The summed E-state index contributed by atoms with van der Waals surface area (Å²) in [4.78, 5) is 23.3. The first-order valence-corrected chi connectivity index (χ1v) is 6.10. The topological polar surface area (TPSA) is 69.4 Å². The lowest BCUT2D eigenvalue weighted by molar-refractivity contribution is -0.152. The SMILES string of the molecule is C[C@H](OC(=O)[C@@H](C)Sc1ccccc1)C(N)=O. The van der Waals surface area contributed by atoms with E-state index < -0.39 is 18.0 Å². The Kier molecular flexibility index (Phi) is 5.03. The summed E-state index contributed by atoms with van der Waals surface area (Å²) < 4.78 is 4.91. The highest BCUT2D eigenvalue weighted by Gasteiger charge is 2.20. The molecule has 0 saturated carbocycles. The van der Waals surface area contributed by atoms with Gasteiger partial charge in [-0.25, -0.2) is 0 Å². The van der Waals surface area contributed by atoms with Crippen molar-refractivity contribution in [2.24, 2.45) is 5.73 Å². The number of rotatable bonds is 5. The average molecular weight is 253 g/mol. The molecule has 0 heterocycles. The Balaban J connectivity index is 2.50. The van der Waals surface area contributed by atoms with Gasteiger partial charge in [-0.15, -0.1) is 11.8 Å². The van der Waals surface area contributed by atoms with E-state index in [2.05, 4.69) is 0 Å². The van der Waals surface area contributed by atoms with Crippen molar-refractivity contribution >= 4 is 23.6 Å². The molecule has 5 heteroatoms. The molecule has 0 aliphatic carbocycles. The molecule has 0 saturated heterocycles. The second-order valence-corrected chi connectivity index (χ2v) is 4.97. The van der Waals surface area contributed by atoms with Crippen LogP contribution in [0, 0.1) is 0 Å². The summed E-state index contributed by atoms with van der Waals surface area (Å²) in [5, 5.41) is -0.376. The summed E-state index contributed by atoms with van der Waals surface area (Å²) in [5.41, 5.74) is 5.01. The van der Waals surface area contributed by atoms with Crippen LogP contribution in [0.4, 0.5) is 0 Å². The predicted molar refractivity (Wildman–Crippen MR) is 66.5 cm³/mol. The van der Waals surface area contributed by atoms with E-state index in [0.717, 1.165) is 4.90 Å². The predicted octanol–water partition coefficient (Wildman–Crippen LogP) is 1.58. The number of amides is 1. The molecule has 2 N–H and O–H groups in total. The molecule has 0 aliphatic heterocycles. The van der Waals surface area contributed by atoms with Crippen LogP contribution in [0.25, 0.3) is 0 Å². The summed E-state index contributed by atoms with van der Waals surface area (Å²) >= 11 is 1.38. The minimum absolute atomic E-state index is 0.376. The van der Waals surface area contributed by atoms with E-state index in [9.17, 15) is 9.59 Å². The molecule has 0 spiro atoms. The van der Waals surface area contributed by atoms with Crippen LogP contribution in [0.15, 0.2) is 35.2 Å². The van der Waals surface area contributed by atoms with Crippen molar-refractivity contribution in [2.45, 2.75) is 30.1 Å². The van der Waals surface area contributed by atoms with Gasteiger partial charge in [0.05, 0.1) is 0 Å². The third-order valence-corrected chi connectivity index (χ3v) is 3.17. The molecule has 4 nitrogen and oxygen atoms in total. The maximum atomic E-state index is 11.6. The maximum absolute atomic E-state index is 11.6. The van der Waals surface area contributed by atoms with Crippen molar-refractivity contribution in [1.29, 1.82) is 0 Å². The van der Waals surface area contributed by atoms with Crippen LogP contribution < -0.4 is 5.73 Å². The molecule has 1 amide bonds. The molecule has 92 valence electrons. The number of hydrogen-bond donors (Lipinski definition) is 1. The van der Waals surface area contributed by atoms with E-state index in [1.54, 1.807) is 6.92 Å². The van der Waals surface area contributed by atoms with Crippen molar-refractivity contribution in [3.63, 3.8) is 0 Å². The standard InChI is InChI=1S/C12H15NO3S/c1-8(11(13)14)16-12(15)9(2)17-10-6-4-3-5-7-10/h3-9H,1-2H3,(H2,13,14)/t8-,9+/m0/s1. The molecule has 2 atom stereocenters. The number of thioether (sulfide) groups is 1. The van der Waals surface area contributed by atoms with E-state index in [1.807, 2.05) is 30.3 Å². The Morgan fingerprint density at radius 2 is 1.82 bits per heavy atom. The molecular weight excluding hydrogens is 238 g/mol. The summed E-state index contributed by atoms with van der Waals surface area (Å²) in [6, 6.07) is 9.51. The van der Waals surface area contributed by atoms with Gasteiger partial charge in [0, 0.05) is 4.90 Å². The van der Waals surface area contributed by atoms with Crippen LogP contribution in [0.5, 0.6) is 0 Å². The number of carbonyl (C=O) groups is 2.